The Labute approximate surface area is 51.7 Å². The van der Waals surface area contributed by atoms with Gasteiger partial charge in [-0.05, 0) is 13.5 Å². The van der Waals surface area contributed by atoms with Gasteiger partial charge in [0.25, 0.3) is 0 Å². The Morgan fingerprint density at radius 3 is 2.62 bits per heavy atom. The Morgan fingerprint density at radius 1 is 1.62 bits per heavy atom. The second-order valence-corrected chi connectivity index (χ2v) is 1.96. The van der Waals surface area contributed by atoms with Gasteiger partial charge in [0.1, 0.15) is 0 Å². The SMILES string of the molecule is CCNC(C)C[N]C. The highest BCUT2D eigenvalue weighted by atomic mass is 14.9. The summed E-state index contributed by atoms with van der Waals surface area (Å²) in [5.41, 5.74) is 0. The zero-order chi connectivity index (χ0) is 6.41. The maximum Gasteiger partial charge on any atom is 0.0281 e. The lowest BCUT2D eigenvalue weighted by molar-refractivity contribution is 0.535. The molecule has 1 unspecified atom stereocenters. The average Bonchev–Trinajstić information content (AvgIpc) is 1.68. The Morgan fingerprint density at radius 2 is 2.25 bits per heavy atom. The summed E-state index contributed by atoms with van der Waals surface area (Å²) in [6.45, 7) is 6.20. The molecule has 0 aliphatic carbocycles. The number of hydrogen-bond acceptors (Lipinski definition) is 1. The molecule has 0 aromatic rings. The summed E-state index contributed by atoms with van der Waals surface area (Å²) < 4.78 is 0. The molecule has 0 heterocycles. The fraction of sp³-hybridized carbons (Fsp3) is 1.00. The second-order valence-electron chi connectivity index (χ2n) is 1.96. The van der Waals surface area contributed by atoms with Crippen LogP contribution in [-0.2, 0) is 0 Å². The van der Waals surface area contributed by atoms with E-state index in [1.54, 1.807) is 0 Å². The first kappa shape index (κ1) is 7.92. The van der Waals surface area contributed by atoms with E-state index in [9.17, 15) is 0 Å². The zero-order valence-electron chi connectivity index (χ0n) is 5.94. The number of nitrogens with zero attached hydrogens (tertiary/aromatic N) is 1. The fourth-order valence-corrected chi connectivity index (χ4v) is 0.687. The normalized spacial score (nSPS) is 13.9. The van der Waals surface area contributed by atoms with Crippen molar-refractivity contribution in [2.24, 2.45) is 0 Å². The first-order valence-electron chi connectivity index (χ1n) is 3.10. The van der Waals surface area contributed by atoms with Gasteiger partial charge in [-0.2, -0.15) is 0 Å². The monoisotopic (exact) mass is 115 g/mol. The van der Waals surface area contributed by atoms with Gasteiger partial charge in [0, 0.05) is 19.6 Å². The van der Waals surface area contributed by atoms with E-state index in [0.717, 1.165) is 13.1 Å². The quantitative estimate of drug-likeness (QED) is 0.557. The third-order valence-corrected chi connectivity index (χ3v) is 1.01. The van der Waals surface area contributed by atoms with Crippen LogP contribution in [0, 0.1) is 0 Å². The molecule has 0 fully saturated rings. The van der Waals surface area contributed by atoms with E-state index >= 15 is 0 Å². The molecule has 8 heavy (non-hydrogen) atoms. The van der Waals surface area contributed by atoms with Crippen molar-refractivity contribution >= 4 is 0 Å². The molecule has 0 aromatic heterocycles. The smallest absolute Gasteiger partial charge is 0.0281 e. The van der Waals surface area contributed by atoms with Gasteiger partial charge in [0.15, 0.2) is 0 Å². The molecule has 49 valence electrons. The van der Waals surface area contributed by atoms with E-state index in [2.05, 4.69) is 24.5 Å². The van der Waals surface area contributed by atoms with Crippen molar-refractivity contribution < 1.29 is 0 Å². The highest BCUT2D eigenvalue weighted by molar-refractivity contribution is 4.58. The van der Waals surface area contributed by atoms with Crippen LogP contribution in [0.3, 0.4) is 0 Å². The summed E-state index contributed by atoms with van der Waals surface area (Å²) in [4.78, 5) is 0. The number of nitrogens with one attached hydrogen (secondary N) is 1. The molecule has 0 aliphatic rings. The van der Waals surface area contributed by atoms with Crippen molar-refractivity contribution in [3.05, 3.63) is 0 Å². The molecular formula is C6H15N2. The minimum atomic E-state index is 0.546. The van der Waals surface area contributed by atoms with Crippen LogP contribution in [0.4, 0.5) is 0 Å². The van der Waals surface area contributed by atoms with Crippen LogP contribution in [0.25, 0.3) is 0 Å². The van der Waals surface area contributed by atoms with Crippen LogP contribution in [0.5, 0.6) is 0 Å². The first-order valence-corrected chi connectivity index (χ1v) is 3.10. The van der Waals surface area contributed by atoms with Crippen LogP contribution in [0.1, 0.15) is 13.8 Å². The van der Waals surface area contributed by atoms with Gasteiger partial charge in [-0.25, -0.2) is 5.32 Å². The van der Waals surface area contributed by atoms with E-state index in [0.29, 0.717) is 6.04 Å². The minimum Gasteiger partial charge on any atom is -0.313 e. The number of likely N-dealkylation sites (N-methyl/N-ethyl adjacent to an activating group) is 2. The highest BCUT2D eigenvalue weighted by Crippen LogP contribution is 1.75. The molecule has 1 N–H and O–H groups in total. The lowest BCUT2D eigenvalue weighted by atomic mass is 10.3. The zero-order valence-corrected chi connectivity index (χ0v) is 5.94. The molecular weight excluding hydrogens is 100 g/mol. The molecule has 2 heteroatoms. The Balaban J connectivity index is 2.92. The lowest BCUT2D eigenvalue weighted by Gasteiger charge is -2.08. The molecule has 1 radical (unpaired) electrons. The van der Waals surface area contributed by atoms with Gasteiger partial charge in [0.05, 0.1) is 0 Å². The van der Waals surface area contributed by atoms with Crippen molar-refractivity contribution in [1.29, 1.82) is 0 Å². The van der Waals surface area contributed by atoms with Crippen LogP contribution >= 0.6 is 0 Å². The maximum atomic E-state index is 3.99. The fourth-order valence-electron chi connectivity index (χ4n) is 0.687. The molecule has 0 spiro atoms. The van der Waals surface area contributed by atoms with Crippen molar-refractivity contribution in [2.75, 3.05) is 20.1 Å². The van der Waals surface area contributed by atoms with E-state index < -0.39 is 0 Å². The molecule has 0 saturated carbocycles. The van der Waals surface area contributed by atoms with Gasteiger partial charge in [-0.1, -0.05) is 6.92 Å². The van der Waals surface area contributed by atoms with Crippen LogP contribution in [0.2, 0.25) is 0 Å². The third kappa shape index (κ3) is 4.09. The van der Waals surface area contributed by atoms with Crippen LogP contribution in [0.15, 0.2) is 0 Å². The molecule has 0 aliphatic heterocycles. The highest BCUT2D eigenvalue weighted by Gasteiger charge is 1.94. The van der Waals surface area contributed by atoms with Crippen LogP contribution in [-0.4, -0.2) is 26.2 Å². The average molecular weight is 115 g/mol. The second kappa shape index (κ2) is 5.06. The van der Waals surface area contributed by atoms with E-state index in [1.165, 1.54) is 0 Å². The van der Waals surface area contributed by atoms with Crippen molar-refractivity contribution in [3.8, 4) is 0 Å². The summed E-state index contributed by atoms with van der Waals surface area (Å²) in [6, 6.07) is 0.546. The summed E-state index contributed by atoms with van der Waals surface area (Å²) in [5.74, 6) is 0. The standard InChI is InChI=1S/C6H15N2/c1-4-8-6(2)5-7-3/h6,8H,4-5H2,1-3H3. The Kier molecular flexibility index (Phi) is 5.01. The maximum absolute atomic E-state index is 3.99. The largest absolute Gasteiger partial charge is 0.313 e. The van der Waals surface area contributed by atoms with Crippen molar-refractivity contribution in [3.63, 3.8) is 0 Å². The van der Waals surface area contributed by atoms with E-state index in [-0.39, 0.29) is 0 Å². The Bertz CT molecular complexity index is 39.8. The third-order valence-electron chi connectivity index (χ3n) is 1.01. The van der Waals surface area contributed by atoms with Crippen molar-refractivity contribution in [1.82, 2.24) is 10.6 Å². The van der Waals surface area contributed by atoms with E-state index in [1.807, 2.05) is 7.05 Å². The van der Waals surface area contributed by atoms with Gasteiger partial charge >= 0.3 is 0 Å². The Hall–Kier alpha value is -0.0800. The minimum absolute atomic E-state index is 0.546. The lowest BCUT2D eigenvalue weighted by Crippen LogP contribution is -2.32. The number of hydrogen-bond donors (Lipinski definition) is 1. The van der Waals surface area contributed by atoms with Crippen LogP contribution < -0.4 is 10.6 Å². The predicted octanol–water partition coefficient (Wildman–Crippen LogP) is 0.219. The molecule has 1 atom stereocenters. The molecule has 0 saturated heterocycles. The topological polar surface area (TPSA) is 26.1 Å². The summed E-state index contributed by atoms with van der Waals surface area (Å²) >= 11 is 0. The number of rotatable bonds is 4. The van der Waals surface area contributed by atoms with Gasteiger partial charge < -0.3 is 5.32 Å². The van der Waals surface area contributed by atoms with E-state index in [4.69, 9.17) is 0 Å². The van der Waals surface area contributed by atoms with Gasteiger partial charge in [-0.15, -0.1) is 0 Å². The summed E-state index contributed by atoms with van der Waals surface area (Å²) in [6.07, 6.45) is 0. The van der Waals surface area contributed by atoms with Gasteiger partial charge in [0.2, 0.25) is 0 Å². The molecule has 0 aromatic carbocycles. The van der Waals surface area contributed by atoms with Gasteiger partial charge in [-0.3, -0.25) is 0 Å². The molecule has 0 amide bonds. The predicted molar refractivity (Wildman–Crippen MR) is 36.1 cm³/mol. The summed E-state index contributed by atoms with van der Waals surface area (Å²) in [7, 11) is 1.84. The molecule has 0 rings (SSSR count). The van der Waals surface area contributed by atoms with Crippen molar-refractivity contribution in [2.45, 2.75) is 19.9 Å². The first-order chi connectivity index (χ1) is 3.81. The summed E-state index contributed by atoms with van der Waals surface area (Å²) in [5, 5.41) is 7.24. The molecule has 2 nitrogen and oxygen atoms in total. The molecule has 0 bridgehead atoms.